The van der Waals surface area contributed by atoms with Crippen molar-refractivity contribution in [2.45, 2.75) is 26.2 Å². The first-order valence-electron chi connectivity index (χ1n) is 11.3. The Hall–Kier alpha value is -3.74. The van der Waals surface area contributed by atoms with Crippen LogP contribution in [0.3, 0.4) is 0 Å². The van der Waals surface area contributed by atoms with Gasteiger partial charge in [-0.25, -0.2) is 0 Å². The molecule has 3 aromatic rings. The minimum absolute atomic E-state index is 0.293. The van der Waals surface area contributed by atoms with Crippen LogP contribution in [0.25, 0.3) is 0 Å². The topological polar surface area (TPSA) is 12.5 Å². The first-order valence-corrected chi connectivity index (χ1v) is 11.3. The average Bonchev–Trinajstić information content (AvgIpc) is 3.03. The molecule has 2 heteroatoms. The Balaban J connectivity index is 1.74. The summed E-state index contributed by atoms with van der Waals surface area (Å²) in [5.74, 6) is 1.59. The highest BCUT2D eigenvalue weighted by molar-refractivity contribution is 5.56. The minimum atomic E-state index is -0.293. The third kappa shape index (κ3) is 4.72. The minimum Gasteiger partial charge on any atom is -0.457 e. The van der Waals surface area contributed by atoms with Gasteiger partial charge >= 0.3 is 0 Å². The number of hydrogen-bond acceptors (Lipinski definition) is 2. The number of ether oxygens (including phenoxy) is 1. The maximum absolute atomic E-state index is 6.10. The lowest BCUT2D eigenvalue weighted by Gasteiger charge is -2.33. The molecule has 0 spiro atoms. The van der Waals surface area contributed by atoms with Gasteiger partial charge in [-0.1, -0.05) is 54.6 Å². The molecule has 0 fully saturated rings. The molecule has 2 nitrogen and oxygen atoms in total. The molecule has 0 saturated carbocycles. The van der Waals surface area contributed by atoms with Crippen LogP contribution in [0.1, 0.15) is 36.1 Å². The Bertz CT molecular complexity index is 1250. The van der Waals surface area contributed by atoms with E-state index in [1.807, 2.05) is 31.2 Å². The van der Waals surface area contributed by atoms with Crippen LogP contribution in [0.5, 0.6) is 5.75 Å². The number of hydrogen-bond donors (Lipinski definition) is 0. The molecule has 166 valence electrons. The Morgan fingerprint density at radius 1 is 0.758 bits per heavy atom. The second-order valence-electron chi connectivity index (χ2n) is 8.94. The largest absolute Gasteiger partial charge is 0.457 e. The third-order valence-corrected chi connectivity index (χ3v) is 6.36. The van der Waals surface area contributed by atoms with Crippen molar-refractivity contribution in [3.8, 4) is 5.75 Å². The molecule has 0 radical (unpaired) electrons. The van der Waals surface area contributed by atoms with E-state index in [-0.39, 0.29) is 5.41 Å². The summed E-state index contributed by atoms with van der Waals surface area (Å²) in [7, 11) is 4.14. The molecule has 1 unspecified atom stereocenters. The van der Waals surface area contributed by atoms with Crippen LogP contribution in [-0.4, -0.2) is 14.1 Å². The van der Waals surface area contributed by atoms with Crippen LogP contribution in [0.4, 0.5) is 5.69 Å². The number of allylic oxidation sites excluding steroid dienone is 4. The van der Waals surface area contributed by atoms with Crippen LogP contribution in [0.2, 0.25) is 0 Å². The van der Waals surface area contributed by atoms with E-state index in [4.69, 9.17) is 4.74 Å². The lowest BCUT2D eigenvalue weighted by atomic mass is 9.70. The summed E-state index contributed by atoms with van der Waals surface area (Å²) in [5.41, 5.74) is 10.3. The second-order valence-corrected chi connectivity index (χ2v) is 8.94. The quantitative estimate of drug-likeness (QED) is 0.298. The third-order valence-electron chi connectivity index (χ3n) is 6.36. The summed E-state index contributed by atoms with van der Waals surface area (Å²) in [6.07, 6.45) is 7.83. The fraction of sp³-hybridized carbons (Fsp3) is 0.194. The van der Waals surface area contributed by atoms with Gasteiger partial charge in [-0.05, 0) is 85.0 Å². The van der Waals surface area contributed by atoms with Gasteiger partial charge in [0.2, 0.25) is 0 Å². The highest BCUT2D eigenvalue weighted by Crippen LogP contribution is 2.41. The first kappa shape index (κ1) is 22.5. The predicted octanol–water partition coefficient (Wildman–Crippen LogP) is 7.35. The predicted molar refractivity (Wildman–Crippen MR) is 139 cm³/mol. The highest BCUT2D eigenvalue weighted by atomic mass is 16.5. The van der Waals surface area contributed by atoms with E-state index < -0.39 is 0 Å². The molecule has 4 rings (SSSR count). The van der Waals surface area contributed by atoms with Gasteiger partial charge in [0.25, 0.3) is 0 Å². The zero-order chi connectivity index (χ0) is 23.4. The molecule has 0 bridgehead atoms. The SMILES string of the molecule is CC1=CC=C(Oc2ccc(C(C)(c3ccc(N(C)C)cc3)c3ccccc3C)cc2)C=C=C1. The van der Waals surface area contributed by atoms with Crippen LogP contribution >= 0.6 is 0 Å². The van der Waals surface area contributed by atoms with Crippen molar-refractivity contribution in [2.75, 3.05) is 19.0 Å². The Kier molecular flexibility index (Phi) is 6.40. The van der Waals surface area contributed by atoms with Crippen LogP contribution in [-0.2, 0) is 5.41 Å². The number of anilines is 1. The summed E-state index contributed by atoms with van der Waals surface area (Å²) in [5, 5.41) is 0. The number of aryl methyl sites for hydroxylation is 1. The van der Waals surface area contributed by atoms with E-state index in [2.05, 4.69) is 111 Å². The normalized spacial score (nSPS) is 14.7. The molecule has 1 aliphatic carbocycles. The van der Waals surface area contributed by atoms with E-state index in [0.29, 0.717) is 0 Å². The molecule has 3 aromatic carbocycles. The Morgan fingerprint density at radius 2 is 1.39 bits per heavy atom. The molecular weight excluding hydrogens is 402 g/mol. The Morgan fingerprint density at radius 3 is 2.03 bits per heavy atom. The average molecular weight is 434 g/mol. The van der Waals surface area contributed by atoms with Gasteiger partial charge in [-0.2, -0.15) is 0 Å². The zero-order valence-electron chi connectivity index (χ0n) is 20.1. The lowest BCUT2D eigenvalue weighted by Crippen LogP contribution is -2.26. The summed E-state index contributed by atoms with van der Waals surface area (Å²) in [6, 6.07) is 26.0. The highest BCUT2D eigenvalue weighted by Gasteiger charge is 2.32. The van der Waals surface area contributed by atoms with Gasteiger partial charge in [0, 0.05) is 31.3 Å². The molecule has 0 saturated heterocycles. The summed E-state index contributed by atoms with van der Waals surface area (Å²) in [4.78, 5) is 2.13. The van der Waals surface area contributed by atoms with Crippen molar-refractivity contribution in [1.82, 2.24) is 0 Å². The summed E-state index contributed by atoms with van der Waals surface area (Å²) in [6.45, 7) is 6.55. The molecule has 33 heavy (non-hydrogen) atoms. The van der Waals surface area contributed by atoms with Gasteiger partial charge in [-0.15, -0.1) is 5.73 Å². The maximum Gasteiger partial charge on any atom is 0.135 e. The van der Waals surface area contributed by atoms with E-state index in [1.165, 1.54) is 27.9 Å². The molecule has 0 aromatic heterocycles. The van der Waals surface area contributed by atoms with Crippen molar-refractivity contribution in [1.29, 1.82) is 0 Å². The molecule has 0 heterocycles. The van der Waals surface area contributed by atoms with Crippen molar-refractivity contribution < 1.29 is 4.74 Å². The maximum atomic E-state index is 6.10. The number of benzene rings is 3. The first-order chi connectivity index (χ1) is 15.9. The molecule has 1 atom stereocenters. The van der Waals surface area contributed by atoms with Gasteiger partial charge < -0.3 is 9.64 Å². The second kappa shape index (κ2) is 9.40. The van der Waals surface area contributed by atoms with E-state index >= 15 is 0 Å². The van der Waals surface area contributed by atoms with Crippen LogP contribution in [0, 0.1) is 6.92 Å². The molecule has 1 aliphatic rings. The number of nitrogens with zero attached hydrogens (tertiary/aromatic N) is 1. The zero-order valence-corrected chi connectivity index (χ0v) is 20.1. The van der Waals surface area contributed by atoms with Crippen molar-refractivity contribution in [3.63, 3.8) is 0 Å². The molecular formula is C31H31NO. The molecule has 0 amide bonds. The summed E-state index contributed by atoms with van der Waals surface area (Å²) >= 11 is 0. The van der Waals surface area contributed by atoms with Crippen LogP contribution < -0.4 is 9.64 Å². The van der Waals surface area contributed by atoms with Gasteiger partial charge in [0.15, 0.2) is 0 Å². The molecule has 0 N–H and O–H groups in total. The smallest absolute Gasteiger partial charge is 0.135 e. The van der Waals surface area contributed by atoms with Crippen molar-refractivity contribution in [3.05, 3.63) is 136 Å². The van der Waals surface area contributed by atoms with Gasteiger partial charge in [0.1, 0.15) is 11.5 Å². The summed E-state index contributed by atoms with van der Waals surface area (Å²) < 4.78 is 6.10. The van der Waals surface area contributed by atoms with E-state index in [9.17, 15) is 0 Å². The van der Waals surface area contributed by atoms with E-state index in [1.54, 1.807) is 0 Å². The molecule has 0 aliphatic heterocycles. The van der Waals surface area contributed by atoms with Crippen molar-refractivity contribution >= 4 is 5.69 Å². The Labute approximate surface area is 197 Å². The van der Waals surface area contributed by atoms with E-state index in [0.717, 1.165) is 17.1 Å². The van der Waals surface area contributed by atoms with Gasteiger partial charge in [0.05, 0.1) is 0 Å². The van der Waals surface area contributed by atoms with Gasteiger partial charge in [-0.3, -0.25) is 0 Å². The van der Waals surface area contributed by atoms with Crippen LogP contribution in [0.15, 0.2) is 114 Å². The monoisotopic (exact) mass is 433 g/mol. The lowest BCUT2D eigenvalue weighted by molar-refractivity contribution is 0.444. The van der Waals surface area contributed by atoms with Crippen molar-refractivity contribution in [2.24, 2.45) is 0 Å². The fourth-order valence-electron chi connectivity index (χ4n) is 4.33. The fourth-order valence-corrected chi connectivity index (χ4v) is 4.33. The number of rotatable bonds is 6. The standard InChI is InChI=1S/C31H31NO/c1-23-9-8-11-28(20-13-23)33-29-21-16-26(17-22-29)31(3,30-12-7-6-10-24(30)2)25-14-18-27(19-15-25)32(4)5/h6-7,9-22H,1-5H3.